The van der Waals surface area contributed by atoms with Crippen molar-refractivity contribution >= 4 is 17.7 Å². The second-order valence-corrected chi connectivity index (χ2v) is 3.49. The van der Waals surface area contributed by atoms with Crippen molar-refractivity contribution in [2.45, 2.75) is 6.42 Å². The zero-order chi connectivity index (χ0) is 10.7. The van der Waals surface area contributed by atoms with Crippen LogP contribution in [0.25, 0.3) is 6.08 Å². The number of benzene rings is 1. The summed E-state index contributed by atoms with van der Waals surface area (Å²) in [6.45, 7) is 3.55. The molecule has 0 atom stereocenters. The summed E-state index contributed by atoms with van der Waals surface area (Å²) in [5.41, 5.74) is 1.09. The van der Waals surface area contributed by atoms with Crippen molar-refractivity contribution in [3.8, 4) is 0 Å². The molecule has 3 nitrogen and oxygen atoms in total. The van der Waals surface area contributed by atoms with Crippen LogP contribution in [0.5, 0.6) is 0 Å². The summed E-state index contributed by atoms with van der Waals surface area (Å²) in [7, 11) is 0. The fourth-order valence-electron chi connectivity index (χ4n) is 1.21. The fraction of sp³-hybridized carbons (Fsp3) is 0.0909. The van der Waals surface area contributed by atoms with Gasteiger partial charge in [0.15, 0.2) is 5.82 Å². The van der Waals surface area contributed by atoms with E-state index in [1.807, 2.05) is 24.3 Å². The highest BCUT2D eigenvalue weighted by Crippen LogP contribution is 2.12. The summed E-state index contributed by atoms with van der Waals surface area (Å²) < 4.78 is 4.90. The van der Waals surface area contributed by atoms with Crippen LogP contribution in [0.2, 0.25) is 5.02 Å². The topological polar surface area (TPSA) is 38.9 Å². The van der Waals surface area contributed by atoms with Crippen molar-refractivity contribution in [1.82, 2.24) is 10.1 Å². The van der Waals surface area contributed by atoms with E-state index in [1.165, 1.54) is 6.08 Å². The molecule has 0 radical (unpaired) electrons. The van der Waals surface area contributed by atoms with E-state index in [4.69, 9.17) is 16.1 Å². The van der Waals surface area contributed by atoms with Gasteiger partial charge >= 0.3 is 0 Å². The summed E-state index contributed by atoms with van der Waals surface area (Å²) in [5.74, 6) is 1.09. The molecular formula is C11H9ClN2O. The molecular weight excluding hydrogens is 212 g/mol. The Morgan fingerprint density at radius 1 is 1.33 bits per heavy atom. The summed E-state index contributed by atoms with van der Waals surface area (Å²) >= 11 is 5.78. The number of aromatic nitrogens is 2. The Morgan fingerprint density at radius 3 is 2.67 bits per heavy atom. The Balaban J connectivity index is 2.14. The minimum absolute atomic E-state index is 0.443. The molecule has 0 spiro atoms. The van der Waals surface area contributed by atoms with Gasteiger partial charge in [-0.15, -0.1) is 0 Å². The molecule has 76 valence electrons. The van der Waals surface area contributed by atoms with Gasteiger partial charge in [-0.05, 0) is 23.8 Å². The summed E-state index contributed by atoms with van der Waals surface area (Å²) in [6.07, 6.45) is 2.16. The maximum absolute atomic E-state index is 5.78. The van der Waals surface area contributed by atoms with E-state index in [-0.39, 0.29) is 0 Å². The molecule has 1 aromatic carbocycles. The van der Waals surface area contributed by atoms with Gasteiger partial charge in [0.2, 0.25) is 5.89 Å². The van der Waals surface area contributed by atoms with Crippen molar-refractivity contribution in [3.63, 3.8) is 0 Å². The van der Waals surface area contributed by atoms with E-state index >= 15 is 0 Å². The van der Waals surface area contributed by atoms with E-state index in [0.717, 1.165) is 10.6 Å². The molecule has 0 amide bonds. The highest BCUT2D eigenvalue weighted by atomic mass is 35.5. The van der Waals surface area contributed by atoms with Gasteiger partial charge in [-0.2, -0.15) is 4.98 Å². The van der Waals surface area contributed by atoms with Crippen LogP contribution < -0.4 is 0 Å². The van der Waals surface area contributed by atoms with Gasteiger partial charge in [-0.25, -0.2) is 0 Å². The zero-order valence-corrected chi connectivity index (χ0v) is 8.74. The van der Waals surface area contributed by atoms with Gasteiger partial charge in [0.1, 0.15) is 0 Å². The molecule has 15 heavy (non-hydrogen) atoms. The van der Waals surface area contributed by atoms with Gasteiger partial charge in [-0.3, -0.25) is 0 Å². The Labute approximate surface area is 92.4 Å². The molecule has 1 aromatic heterocycles. The average molecular weight is 221 g/mol. The third-order valence-electron chi connectivity index (χ3n) is 1.93. The molecule has 0 fully saturated rings. The Hall–Kier alpha value is -1.61. The SMILES string of the molecule is C=Cc1nc(Cc2ccc(Cl)cc2)no1. The maximum atomic E-state index is 5.78. The van der Waals surface area contributed by atoms with Crippen molar-refractivity contribution in [3.05, 3.63) is 53.1 Å². The van der Waals surface area contributed by atoms with Crippen LogP contribution in [0.15, 0.2) is 35.4 Å². The van der Waals surface area contributed by atoms with Crippen molar-refractivity contribution < 1.29 is 4.52 Å². The summed E-state index contributed by atoms with van der Waals surface area (Å²) in [4.78, 5) is 4.12. The predicted octanol–water partition coefficient (Wildman–Crippen LogP) is 2.96. The average Bonchev–Trinajstić information content (AvgIpc) is 2.69. The minimum Gasteiger partial charge on any atom is -0.335 e. The minimum atomic E-state index is 0.443. The lowest BCUT2D eigenvalue weighted by atomic mass is 10.1. The van der Waals surface area contributed by atoms with Crippen LogP contribution in [-0.4, -0.2) is 10.1 Å². The van der Waals surface area contributed by atoms with Crippen molar-refractivity contribution in [1.29, 1.82) is 0 Å². The first-order chi connectivity index (χ1) is 7.28. The molecule has 0 saturated heterocycles. The smallest absolute Gasteiger partial charge is 0.250 e. The van der Waals surface area contributed by atoms with E-state index in [0.29, 0.717) is 18.1 Å². The lowest BCUT2D eigenvalue weighted by molar-refractivity contribution is 0.404. The van der Waals surface area contributed by atoms with Crippen LogP contribution >= 0.6 is 11.6 Å². The van der Waals surface area contributed by atoms with Crippen LogP contribution in [-0.2, 0) is 6.42 Å². The van der Waals surface area contributed by atoms with Gasteiger partial charge in [-0.1, -0.05) is 35.5 Å². The first-order valence-electron chi connectivity index (χ1n) is 4.47. The Bertz CT molecular complexity index is 462. The second kappa shape index (κ2) is 4.28. The molecule has 2 aromatic rings. The van der Waals surface area contributed by atoms with Crippen molar-refractivity contribution in [2.75, 3.05) is 0 Å². The largest absolute Gasteiger partial charge is 0.335 e. The van der Waals surface area contributed by atoms with Crippen LogP contribution in [0, 0.1) is 0 Å². The van der Waals surface area contributed by atoms with Crippen molar-refractivity contribution in [2.24, 2.45) is 0 Å². The third kappa shape index (κ3) is 2.44. The van der Waals surface area contributed by atoms with Gasteiger partial charge < -0.3 is 4.52 Å². The molecule has 0 aliphatic heterocycles. The number of halogens is 1. The number of nitrogens with zero attached hydrogens (tertiary/aromatic N) is 2. The highest BCUT2D eigenvalue weighted by Gasteiger charge is 2.03. The number of rotatable bonds is 3. The predicted molar refractivity (Wildman–Crippen MR) is 58.6 cm³/mol. The maximum Gasteiger partial charge on any atom is 0.250 e. The van der Waals surface area contributed by atoms with Gasteiger partial charge in [0.25, 0.3) is 0 Å². The molecule has 0 aliphatic carbocycles. The van der Waals surface area contributed by atoms with Crippen LogP contribution in [0.4, 0.5) is 0 Å². The lowest BCUT2D eigenvalue weighted by Gasteiger charge is -1.95. The third-order valence-corrected chi connectivity index (χ3v) is 2.19. The fourth-order valence-corrected chi connectivity index (χ4v) is 1.33. The molecule has 4 heteroatoms. The molecule has 0 aliphatic rings. The zero-order valence-electron chi connectivity index (χ0n) is 7.98. The molecule has 0 N–H and O–H groups in total. The summed E-state index contributed by atoms with van der Waals surface area (Å²) in [6, 6.07) is 7.55. The Morgan fingerprint density at radius 2 is 2.07 bits per heavy atom. The standard InChI is InChI=1S/C11H9ClN2O/c1-2-11-13-10(14-15-11)7-8-3-5-9(12)6-4-8/h2-6H,1,7H2. The lowest BCUT2D eigenvalue weighted by Crippen LogP contribution is -1.90. The van der Waals surface area contributed by atoms with E-state index < -0.39 is 0 Å². The molecule has 2 rings (SSSR count). The monoisotopic (exact) mass is 220 g/mol. The molecule has 0 bridgehead atoms. The van der Waals surface area contributed by atoms with E-state index in [9.17, 15) is 0 Å². The quantitative estimate of drug-likeness (QED) is 0.798. The molecule has 1 heterocycles. The Kier molecular flexibility index (Phi) is 2.83. The first-order valence-corrected chi connectivity index (χ1v) is 4.85. The van der Waals surface area contributed by atoms with E-state index in [1.54, 1.807) is 0 Å². The highest BCUT2D eigenvalue weighted by molar-refractivity contribution is 6.30. The van der Waals surface area contributed by atoms with Crippen LogP contribution in [0.1, 0.15) is 17.3 Å². The van der Waals surface area contributed by atoms with Gasteiger partial charge in [0, 0.05) is 11.4 Å². The second-order valence-electron chi connectivity index (χ2n) is 3.06. The van der Waals surface area contributed by atoms with Crippen LogP contribution in [0.3, 0.4) is 0 Å². The van der Waals surface area contributed by atoms with Gasteiger partial charge in [0.05, 0.1) is 0 Å². The summed E-state index contributed by atoms with van der Waals surface area (Å²) in [5, 5.41) is 4.54. The normalized spacial score (nSPS) is 10.2. The first kappa shape index (κ1) is 9.93. The molecule has 0 unspecified atom stereocenters. The molecule has 0 saturated carbocycles. The number of hydrogen-bond donors (Lipinski definition) is 0. The number of hydrogen-bond acceptors (Lipinski definition) is 3. The van der Waals surface area contributed by atoms with E-state index in [2.05, 4.69) is 16.7 Å².